The summed E-state index contributed by atoms with van der Waals surface area (Å²) >= 11 is 17.6. The van der Waals surface area contributed by atoms with Crippen molar-refractivity contribution in [2.45, 2.75) is 6.42 Å². The molecular weight excluding hydrogens is 310 g/mol. The highest BCUT2D eigenvalue weighted by molar-refractivity contribution is 6.35. The second-order valence-corrected chi connectivity index (χ2v) is 5.16. The van der Waals surface area contributed by atoms with E-state index in [1.807, 2.05) is 0 Å². The number of Topliss-reactive ketones (excluding diaryl/α,β-unsaturated/α-hetero) is 1. The Labute approximate surface area is 124 Å². The van der Waals surface area contributed by atoms with Gasteiger partial charge in [0.1, 0.15) is 5.82 Å². The van der Waals surface area contributed by atoms with Gasteiger partial charge in [-0.05, 0) is 35.9 Å². The fourth-order valence-electron chi connectivity index (χ4n) is 1.67. The SMILES string of the molecule is O=C(Cc1cc(Cl)ccc1Cl)c1cccc(F)c1Cl. The molecule has 98 valence electrons. The van der Waals surface area contributed by atoms with Crippen molar-refractivity contribution in [2.24, 2.45) is 0 Å². The van der Waals surface area contributed by atoms with Crippen molar-refractivity contribution in [1.29, 1.82) is 0 Å². The first-order chi connectivity index (χ1) is 8.99. The smallest absolute Gasteiger partial charge is 0.168 e. The molecular formula is C14H8Cl3FO. The average Bonchev–Trinajstić information content (AvgIpc) is 2.37. The third kappa shape index (κ3) is 3.27. The Kier molecular flexibility index (Phi) is 4.46. The summed E-state index contributed by atoms with van der Waals surface area (Å²) in [6.07, 6.45) is 0.0164. The highest BCUT2D eigenvalue weighted by atomic mass is 35.5. The first-order valence-corrected chi connectivity index (χ1v) is 6.53. The van der Waals surface area contributed by atoms with Gasteiger partial charge in [0.15, 0.2) is 5.78 Å². The van der Waals surface area contributed by atoms with Crippen LogP contribution in [-0.2, 0) is 6.42 Å². The summed E-state index contributed by atoms with van der Waals surface area (Å²) in [6, 6.07) is 8.97. The minimum absolute atomic E-state index is 0.0164. The van der Waals surface area contributed by atoms with Crippen LogP contribution < -0.4 is 0 Å². The topological polar surface area (TPSA) is 17.1 Å². The van der Waals surface area contributed by atoms with E-state index in [1.165, 1.54) is 18.2 Å². The van der Waals surface area contributed by atoms with Gasteiger partial charge in [0.25, 0.3) is 0 Å². The molecule has 0 spiro atoms. The summed E-state index contributed by atoms with van der Waals surface area (Å²) in [5.74, 6) is -0.932. The van der Waals surface area contributed by atoms with Gasteiger partial charge in [-0.25, -0.2) is 4.39 Å². The van der Waals surface area contributed by atoms with E-state index in [2.05, 4.69) is 0 Å². The van der Waals surface area contributed by atoms with Crippen LogP contribution in [0.2, 0.25) is 15.1 Å². The monoisotopic (exact) mass is 316 g/mol. The molecule has 0 fully saturated rings. The Morgan fingerprint density at radius 3 is 2.58 bits per heavy atom. The van der Waals surface area contributed by atoms with E-state index in [9.17, 15) is 9.18 Å². The number of rotatable bonds is 3. The molecule has 0 aliphatic rings. The van der Waals surface area contributed by atoms with Crippen LogP contribution in [0.1, 0.15) is 15.9 Å². The fourth-order valence-corrected chi connectivity index (χ4v) is 2.28. The van der Waals surface area contributed by atoms with Gasteiger partial charge >= 0.3 is 0 Å². The summed E-state index contributed by atoms with van der Waals surface area (Å²) in [7, 11) is 0. The molecule has 0 aliphatic heterocycles. The van der Waals surface area contributed by atoms with Gasteiger partial charge in [-0.3, -0.25) is 4.79 Å². The maximum absolute atomic E-state index is 13.3. The zero-order valence-corrected chi connectivity index (χ0v) is 11.9. The number of benzene rings is 2. The van der Waals surface area contributed by atoms with Crippen LogP contribution in [-0.4, -0.2) is 5.78 Å². The number of hydrogen-bond donors (Lipinski definition) is 0. The zero-order valence-electron chi connectivity index (χ0n) is 9.59. The summed E-state index contributed by atoms with van der Waals surface area (Å²) < 4.78 is 13.3. The lowest BCUT2D eigenvalue weighted by Crippen LogP contribution is -2.05. The second kappa shape index (κ2) is 5.91. The lowest BCUT2D eigenvalue weighted by atomic mass is 10.0. The highest BCUT2D eigenvalue weighted by Crippen LogP contribution is 2.25. The van der Waals surface area contributed by atoms with Crippen molar-refractivity contribution in [1.82, 2.24) is 0 Å². The van der Waals surface area contributed by atoms with E-state index < -0.39 is 5.82 Å². The Bertz CT molecular complexity index is 641. The molecule has 0 radical (unpaired) electrons. The number of carbonyl (C=O) groups excluding carboxylic acids is 1. The average molecular weight is 318 g/mol. The highest BCUT2D eigenvalue weighted by Gasteiger charge is 2.15. The molecule has 0 aliphatic carbocycles. The molecule has 0 saturated heterocycles. The fraction of sp³-hybridized carbons (Fsp3) is 0.0714. The van der Waals surface area contributed by atoms with Gasteiger partial charge in [-0.1, -0.05) is 40.9 Å². The summed E-state index contributed by atoms with van der Waals surface area (Å²) in [5.41, 5.74) is 0.720. The van der Waals surface area contributed by atoms with Crippen LogP contribution in [0.25, 0.3) is 0 Å². The molecule has 1 nitrogen and oxygen atoms in total. The molecule has 0 atom stereocenters. The number of ketones is 1. The Morgan fingerprint density at radius 1 is 1.11 bits per heavy atom. The number of carbonyl (C=O) groups is 1. The Hall–Kier alpha value is -1.09. The molecule has 2 aromatic carbocycles. The van der Waals surface area contributed by atoms with Gasteiger partial charge in [-0.15, -0.1) is 0 Å². The zero-order chi connectivity index (χ0) is 14.0. The minimum Gasteiger partial charge on any atom is -0.294 e. The lowest BCUT2D eigenvalue weighted by molar-refractivity contribution is 0.0992. The van der Waals surface area contributed by atoms with Crippen molar-refractivity contribution < 1.29 is 9.18 Å². The van der Waals surface area contributed by atoms with E-state index in [1.54, 1.807) is 18.2 Å². The lowest BCUT2D eigenvalue weighted by Gasteiger charge is -2.06. The molecule has 19 heavy (non-hydrogen) atoms. The van der Waals surface area contributed by atoms with E-state index in [0.29, 0.717) is 15.6 Å². The van der Waals surface area contributed by atoms with E-state index >= 15 is 0 Å². The van der Waals surface area contributed by atoms with Crippen molar-refractivity contribution >= 4 is 40.6 Å². The number of halogens is 4. The first kappa shape index (κ1) is 14.3. The Balaban J connectivity index is 2.31. The van der Waals surface area contributed by atoms with Crippen molar-refractivity contribution in [3.8, 4) is 0 Å². The van der Waals surface area contributed by atoms with Crippen LogP contribution in [0.15, 0.2) is 36.4 Å². The normalized spacial score (nSPS) is 10.5. The maximum Gasteiger partial charge on any atom is 0.168 e. The molecule has 0 heterocycles. The van der Waals surface area contributed by atoms with E-state index in [4.69, 9.17) is 34.8 Å². The molecule has 0 bridgehead atoms. The van der Waals surface area contributed by atoms with Crippen LogP contribution in [0.4, 0.5) is 4.39 Å². The molecule has 0 saturated carbocycles. The maximum atomic E-state index is 13.3. The molecule has 0 unspecified atom stereocenters. The largest absolute Gasteiger partial charge is 0.294 e. The van der Waals surface area contributed by atoms with Gasteiger partial charge in [-0.2, -0.15) is 0 Å². The van der Waals surface area contributed by atoms with Crippen LogP contribution in [0.5, 0.6) is 0 Å². The van der Waals surface area contributed by atoms with Gasteiger partial charge < -0.3 is 0 Å². The quantitative estimate of drug-likeness (QED) is 0.710. The number of hydrogen-bond acceptors (Lipinski definition) is 1. The van der Waals surface area contributed by atoms with Gasteiger partial charge in [0.2, 0.25) is 0 Å². The Morgan fingerprint density at radius 2 is 1.84 bits per heavy atom. The third-order valence-electron chi connectivity index (χ3n) is 2.61. The van der Waals surface area contributed by atoms with E-state index in [-0.39, 0.29) is 22.8 Å². The van der Waals surface area contributed by atoms with Crippen molar-refractivity contribution in [2.75, 3.05) is 0 Å². The third-order valence-corrected chi connectivity index (χ3v) is 3.60. The minimum atomic E-state index is -0.621. The molecule has 2 rings (SSSR count). The first-order valence-electron chi connectivity index (χ1n) is 5.40. The van der Waals surface area contributed by atoms with Crippen LogP contribution >= 0.6 is 34.8 Å². The summed E-state index contributed by atoms with van der Waals surface area (Å²) in [4.78, 5) is 12.1. The van der Waals surface area contributed by atoms with Gasteiger partial charge in [0, 0.05) is 22.0 Å². The second-order valence-electron chi connectivity index (χ2n) is 3.94. The molecule has 0 N–H and O–H groups in total. The molecule has 5 heteroatoms. The predicted molar refractivity (Wildman–Crippen MR) is 75.9 cm³/mol. The van der Waals surface area contributed by atoms with Crippen LogP contribution in [0.3, 0.4) is 0 Å². The standard InChI is InChI=1S/C14H8Cl3FO/c15-9-4-5-11(16)8(6-9)7-13(19)10-2-1-3-12(18)14(10)17/h1-6H,7H2. The van der Waals surface area contributed by atoms with E-state index in [0.717, 1.165) is 0 Å². The summed E-state index contributed by atoms with van der Waals surface area (Å²) in [6.45, 7) is 0. The summed E-state index contributed by atoms with van der Waals surface area (Å²) in [5, 5.41) is 0.744. The predicted octanol–water partition coefficient (Wildman–Crippen LogP) is 5.21. The molecule has 2 aromatic rings. The van der Waals surface area contributed by atoms with Crippen molar-refractivity contribution in [3.05, 3.63) is 68.4 Å². The van der Waals surface area contributed by atoms with Gasteiger partial charge in [0.05, 0.1) is 5.02 Å². The van der Waals surface area contributed by atoms with Crippen LogP contribution in [0, 0.1) is 5.82 Å². The molecule has 0 aromatic heterocycles. The van der Waals surface area contributed by atoms with Crippen molar-refractivity contribution in [3.63, 3.8) is 0 Å². The molecule has 0 amide bonds.